The van der Waals surface area contributed by atoms with Gasteiger partial charge in [-0.2, -0.15) is 11.8 Å². The fourth-order valence-electron chi connectivity index (χ4n) is 2.45. The van der Waals surface area contributed by atoms with E-state index in [1.54, 1.807) is 11.8 Å². The van der Waals surface area contributed by atoms with Crippen molar-refractivity contribution in [2.24, 2.45) is 0 Å². The lowest BCUT2D eigenvalue weighted by atomic mass is 10.3. The zero-order chi connectivity index (χ0) is 12.8. The molecule has 1 unspecified atom stereocenters. The molecule has 0 saturated carbocycles. The van der Waals surface area contributed by atoms with E-state index in [1.807, 2.05) is 0 Å². The Kier molecular flexibility index (Phi) is 5.60. The highest BCUT2D eigenvalue weighted by molar-refractivity contribution is 7.97. The van der Waals surface area contributed by atoms with Gasteiger partial charge in [-0.05, 0) is 51.2 Å². The van der Waals surface area contributed by atoms with Gasteiger partial charge in [-0.1, -0.05) is 0 Å². The number of hydrogen-bond acceptors (Lipinski definition) is 4. The van der Waals surface area contributed by atoms with Crippen molar-refractivity contribution in [3.8, 4) is 0 Å². The van der Waals surface area contributed by atoms with Gasteiger partial charge in [0.25, 0.3) is 0 Å². The first-order chi connectivity index (χ1) is 8.79. The molecule has 0 radical (unpaired) electrons. The second kappa shape index (κ2) is 7.22. The van der Waals surface area contributed by atoms with Crippen molar-refractivity contribution in [2.75, 3.05) is 25.9 Å². The van der Waals surface area contributed by atoms with Crippen LogP contribution in [0.3, 0.4) is 0 Å². The lowest BCUT2D eigenvalue weighted by Gasteiger charge is -2.23. The van der Waals surface area contributed by atoms with Crippen LogP contribution >= 0.6 is 11.8 Å². The Morgan fingerprint density at radius 3 is 2.78 bits per heavy atom. The molecule has 1 atom stereocenters. The summed E-state index contributed by atoms with van der Waals surface area (Å²) in [4.78, 5) is 2.56. The summed E-state index contributed by atoms with van der Waals surface area (Å²) >= 11 is 1.79. The highest BCUT2D eigenvalue weighted by atomic mass is 32.2. The van der Waals surface area contributed by atoms with Crippen LogP contribution in [0.5, 0.6) is 0 Å². The number of nitrogens with one attached hydrogen (secondary N) is 1. The summed E-state index contributed by atoms with van der Waals surface area (Å²) in [6.07, 6.45) is 4.82. The summed E-state index contributed by atoms with van der Waals surface area (Å²) < 4.78 is 5.73. The molecule has 3 nitrogen and oxygen atoms in total. The Balaban J connectivity index is 1.67. The van der Waals surface area contributed by atoms with Crippen LogP contribution in [0.4, 0.5) is 0 Å². The lowest BCUT2D eigenvalue weighted by molar-refractivity contribution is 0.250. The number of thioether (sulfide) groups is 1. The van der Waals surface area contributed by atoms with Crippen LogP contribution in [0.1, 0.15) is 31.3 Å². The molecule has 4 heteroatoms. The van der Waals surface area contributed by atoms with Crippen molar-refractivity contribution >= 4 is 11.8 Å². The van der Waals surface area contributed by atoms with E-state index in [4.69, 9.17) is 4.42 Å². The first kappa shape index (κ1) is 14.0. The van der Waals surface area contributed by atoms with Crippen LogP contribution in [-0.4, -0.2) is 36.8 Å². The van der Waals surface area contributed by atoms with Gasteiger partial charge in [0.1, 0.15) is 11.5 Å². The van der Waals surface area contributed by atoms with E-state index < -0.39 is 0 Å². The normalized spacial score (nSPS) is 18.3. The zero-order valence-corrected chi connectivity index (χ0v) is 12.3. The molecule has 1 aromatic heterocycles. The third kappa shape index (κ3) is 4.04. The van der Waals surface area contributed by atoms with Crippen molar-refractivity contribution < 1.29 is 4.42 Å². The first-order valence-electron chi connectivity index (χ1n) is 6.81. The van der Waals surface area contributed by atoms with Gasteiger partial charge in [0, 0.05) is 12.6 Å². The number of nitrogens with zero attached hydrogens (tertiary/aromatic N) is 1. The summed E-state index contributed by atoms with van der Waals surface area (Å²) in [6, 6.07) is 4.80. The van der Waals surface area contributed by atoms with Crippen LogP contribution < -0.4 is 5.32 Å². The fraction of sp³-hybridized carbons (Fsp3) is 0.714. The topological polar surface area (TPSA) is 28.4 Å². The molecule has 1 aliphatic heterocycles. The van der Waals surface area contributed by atoms with E-state index in [1.165, 1.54) is 25.9 Å². The van der Waals surface area contributed by atoms with Gasteiger partial charge in [-0.25, -0.2) is 0 Å². The Morgan fingerprint density at radius 1 is 1.33 bits per heavy atom. The van der Waals surface area contributed by atoms with Crippen LogP contribution in [0.25, 0.3) is 0 Å². The van der Waals surface area contributed by atoms with Crippen molar-refractivity contribution in [1.29, 1.82) is 0 Å². The standard InChI is InChI=1S/C14H24N2OS/c1-12(16-7-3-4-8-16)9-15-10-13-5-6-14(17-13)11-18-2/h5-6,12,15H,3-4,7-11H2,1-2H3. The van der Waals surface area contributed by atoms with Gasteiger partial charge in [0.05, 0.1) is 12.3 Å². The highest BCUT2D eigenvalue weighted by Gasteiger charge is 2.17. The molecular weight excluding hydrogens is 244 g/mol. The molecule has 0 bridgehead atoms. The van der Waals surface area contributed by atoms with Crippen molar-refractivity contribution in [1.82, 2.24) is 10.2 Å². The Labute approximate surface area is 114 Å². The minimum absolute atomic E-state index is 0.633. The lowest BCUT2D eigenvalue weighted by Crippen LogP contribution is -2.38. The Morgan fingerprint density at radius 2 is 2.06 bits per heavy atom. The molecule has 0 aliphatic carbocycles. The van der Waals surface area contributed by atoms with Crippen LogP contribution in [0.15, 0.2) is 16.5 Å². The minimum atomic E-state index is 0.633. The second-order valence-corrected chi connectivity index (χ2v) is 5.89. The molecular formula is C14H24N2OS. The van der Waals surface area contributed by atoms with E-state index in [0.29, 0.717) is 6.04 Å². The summed E-state index contributed by atoms with van der Waals surface area (Å²) in [5.74, 6) is 3.09. The minimum Gasteiger partial charge on any atom is -0.464 e. The molecule has 18 heavy (non-hydrogen) atoms. The zero-order valence-electron chi connectivity index (χ0n) is 11.4. The Hall–Kier alpha value is -0.450. The third-order valence-corrected chi connectivity index (χ3v) is 4.08. The average molecular weight is 268 g/mol. The van der Waals surface area contributed by atoms with Gasteiger partial charge in [-0.3, -0.25) is 4.90 Å². The monoisotopic (exact) mass is 268 g/mol. The second-order valence-electron chi connectivity index (χ2n) is 5.02. The van der Waals surface area contributed by atoms with Gasteiger partial charge in [0.2, 0.25) is 0 Å². The van der Waals surface area contributed by atoms with Crippen LogP contribution in [0, 0.1) is 0 Å². The molecule has 1 aliphatic rings. The predicted molar refractivity (Wildman–Crippen MR) is 77.9 cm³/mol. The highest BCUT2D eigenvalue weighted by Crippen LogP contribution is 2.14. The molecule has 1 fully saturated rings. The van der Waals surface area contributed by atoms with Gasteiger partial charge in [0.15, 0.2) is 0 Å². The van der Waals surface area contributed by atoms with Crippen LogP contribution in [-0.2, 0) is 12.3 Å². The van der Waals surface area contributed by atoms with E-state index >= 15 is 0 Å². The van der Waals surface area contributed by atoms with Crippen LogP contribution in [0.2, 0.25) is 0 Å². The number of likely N-dealkylation sites (tertiary alicyclic amines) is 1. The van der Waals surface area contributed by atoms with E-state index in [2.05, 4.69) is 35.5 Å². The first-order valence-corrected chi connectivity index (χ1v) is 8.20. The van der Waals surface area contributed by atoms with Gasteiger partial charge >= 0.3 is 0 Å². The molecule has 1 saturated heterocycles. The SMILES string of the molecule is CSCc1ccc(CNCC(C)N2CCCC2)o1. The van der Waals surface area contributed by atoms with E-state index in [-0.39, 0.29) is 0 Å². The molecule has 0 aromatic carbocycles. The summed E-state index contributed by atoms with van der Waals surface area (Å²) in [5.41, 5.74) is 0. The molecule has 0 spiro atoms. The van der Waals surface area contributed by atoms with E-state index in [0.717, 1.165) is 30.4 Å². The van der Waals surface area contributed by atoms with Gasteiger partial charge < -0.3 is 9.73 Å². The molecule has 2 rings (SSSR count). The maximum absolute atomic E-state index is 5.73. The molecule has 1 aromatic rings. The van der Waals surface area contributed by atoms with Gasteiger partial charge in [-0.15, -0.1) is 0 Å². The number of rotatable bonds is 7. The molecule has 2 heterocycles. The average Bonchev–Trinajstić information content (AvgIpc) is 3.00. The maximum atomic E-state index is 5.73. The smallest absolute Gasteiger partial charge is 0.118 e. The number of furan rings is 1. The predicted octanol–water partition coefficient (Wildman–Crippen LogP) is 2.72. The fourth-order valence-corrected chi connectivity index (χ4v) is 2.89. The molecule has 1 N–H and O–H groups in total. The maximum Gasteiger partial charge on any atom is 0.118 e. The third-order valence-electron chi connectivity index (χ3n) is 3.51. The van der Waals surface area contributed by atoms with Crippen molar-refractivity contribution in [3.63, 3.8) is 0 Å². The largest absolute Gasteiger partial charge is 0.464 e. The summed E-state index contributed by atoms with van der Waals surface area (Å²) in [7, 11) is 0. The molecule has 0 amide bonds. The molecule has 102 valence electrons. The van der Waals surface area contributed by atoms with Crippen molar-refractivity contribution in [3.05, 3.63) is 23.7 Å². The van der Waals surface area contributed by atoms with E-state index in [9.17, 15) is 0 Å². The Bertz CT molecular complexity index is 347. The quantitative estimate of drug-likeness (QED) is 0.823. The number of hydrogen-bond donors (Lipinski definition) is 1. The summed E-state index contributed by atoms with van der Waals surface area (Å²) in [5, 5.41) is 3.49. The summed E-state index contributed by atoms with van der Waals surface area (Å²) in [6.45, 7) is 6.72. The van der Waals surface area contributed by atoms with Crippen molar-refractivity contribution in [2.45, 2.75) is 38.1 Å².